The first-order valence-corrected chi connectivity index (χ1v) is 6.73. The fourth-order valence-electron chi connectivity index (χ4n) is 1.58. The molecule has 0 radical (unpaired) electrons. The number of alkyl halides is 3. The number of rotatable bonds is 3. The van der Waals surface area contributed by atoms with Gasteiger partial charge in [0.05, 0.1) is 0 Å². The summed E-state index contributed by atoms with van der Waals surface area (Å²) in [5, 5.41) is 9.15. The van der Waals surface area contributed by atoms with E-state index in [-0.39, 0.29) is 13.1 Å². The molecule has 1 heterocycles. The van der Waals surface area contributed by atoms with Crippen LogP contribution in [0.25, 0.3) is 0 Å². The van der Waals surface area contributed by atoms with Gasteiger partial charge in [-0.2, -0.15) is 4.31 Å². The number of ether oxygens (including phenoxy) is 1. The molecule has 1 N–H and O–H groups in total. The number of phenolic OH excluding ortho intramolecular Hbond substituents is 1. The SMILES string of the molecule is O=S(=O)(c1ccc(O)cc1OC(F)(F)F)N1CCC1. The highest BCUT2D eigenvalue weighted by Crippen LogP contribution is 2.35. The summed E-state index contributed by atoms with van der Waals surface area (Å²) >= 11 is 0. The molecule has 1 aliphatic rings. The topological polar surface area (TPSA) is 66.8 Å². The van der Waals surface area contributed by atoms with Gasteiger partial charge in [-0.3, -0.25) is 0 Å². The second-order valence-electron chi connectivity index (χ2n) is 3.94. The summed E-state index contributed by atoms with van der Waals surface area (Å²) in [5.41, 5.74) is 0. The Morgan fingerprint density at radius 2 is 1.89 bits per heavy atom. The minimum atomic E-state index is -5.03. The molecule has 0 spiro atoms. The number of aromatic hydroxyl groups is 1. The lowest BCUT2D eigenvalue weighted by Crippen LogP contribution is -2.42. The fourth-order valence-corrected chi connectivity index (χ4v) is 3.19. The van der Waals surface area contributed by atoms with E-state index in [1.807, 2.05) is 0 Å². The number of hydrogen-bond acceptors (Lipinski definition) is 4. The summed E-state index contributed by atoms with van der Waals surface area (Å²) in [6, 6.07) is 2.51. The zero-order valence-corrected chi connectivity index (χ0v) is 10.3. The van der Waals surface area contributed by atoms with Crippen molar-refractivity contribution in [1.82, 2.24) is 4.31 Å². The van der Waals surface area contributed by atoms with Crippen molar-refractivity contribution in [2.75, 3.05) is 13.1 Å². The van der Waals surface area contributed by atoms with E-state index in [0.29, 0.717) is 12.5 Å². The van der Waals surface area contributed by atoms with Crippen LogP contribution < -0.4 is 4.74 Å². The van der Waals surface area contributed by atoms with Gasteiger partial charge in [-0.25, -0.2) is 8.42 Å². The van der Waals surface area contributed by atoms with Crippen LogP contribution in [0.1, 0.15) is 6.42 Å². The smallest absolute Gasteiger partial charge is 0.508 e. The summed E-state index contributed by atoms with van der Waals surface area (Å²) in [6.07, 6.45) is -4.38. The maximum Gasteiger partial charge on any atom is 0.573 e. The van der Waals surface area contributed by atoms with Gasteiger partial charge in [-0.05, 0) is 18.6 Å². The van der Waals surface area contributed by atoms with E-state index in [9.17, 15) is 21.6 Å². The van der Waals surface area contributed by atoms with Gasteiger partial charge >= 0.3 is 6.36 Å². The zero-order valence-electron chi connectivity index (χ0n) is 9.51. The van der Waals surface area contributed by atoms with Gasteiger partial charge in [0.25, 0.3) is 0 Å². The van der Waals surface area contributed by atoms with Gasteiger partial charge in [0.1, 0.15) is 10.6 Å². The second-order valence-corrected chi connectivity index (χ2v) is 5.84. The molecule has 1 aliphatic heterocycles. The molecular formula is C10H10F3NO4S. The summed E-state index contributed by atoms with van der Waals surface area (Å²) in [7, 11) is -4.02. The quantitative estimate of drug-likeness (QED) is 0.922. The lowest BCUT2D eigenvalue weighted by molar-refractivity contribution is -0.275. The van der Waals surface area contributed by atoms with E-state index >= 15 is 0 Å². The van der Waals surface area contributed by atoms with Crippen LogP contribution in [0.15, 0.2) is 23.1 Å². The molecule has 1 aromatic carbocycles. The summed E-state index contributed by atoms with van der Waals surface area (Å²) < 4.78 is 65.4. The van der Waals surface area contributed by atoms with Gasteiger partial charge in [-0.1, -0.05) is 0 Å². The number of benzene rings is 1. The average Bonchev–Trinajstić information content (AvgIpc) is 2.09. The fraction of sp³-hybridized carbons (Fsp3) is 0.400. The van der Waals surface area contributed by atoms with Crippen LogP contribution >= 0.6 is 0 Å². The Kier molecular flexibility index (Phi) is 3.35. The Hall–Kier alpha value is -1.48. The molecule has 0 saturated carbocycles. The Balaban J connectivity index is 2.45. The Morgan fingerprint density at radius 1 is 1.26 bits per heavy atom. The highest BCUT2D eigenvalue weighted by Gasteiger charge is 2.37. The molecule has 1 fully saturated rings. The summed E-state index contributed by atoms with van der Waals surface area (Å²) in [6.45, 7) is 0.517. The third kappa shape index (κ3) is 2.92. The number of hydrogen-bond donors (Lipinski definition) is 1. The number of nitrogens with zero attached hydrogens (tertiary/aromatic N) is 1. The molecular weight excluding hydrogens is 287 g/mol. The third-order valence-electron chi connectivity index (χ3n) is 2.59. The van der Waals surface area contributed by atoms with Gasteiger partial charge in [0.2, 0.25) is 10.0 Å². The first kappa shape index (κ1) is 13.9. The predicted octanol–water partition coefficient (Wildman–Crippen LogP) is 1.69. The van der Waals surface area contributed by atoms with Crippen LogP contribution in [0.5, 0.6) is 11.5 Å². The molecule has 0 unspecified atom stereocenters. The molecule has 0 amide bonds. The van der Waals surface area contributed by atoms with Crippen molar-refractivity contribution in [3.8, 4) is 11.5 Å². The van der Waals surface area contributed by atoms with Crippen molar-refractivity contribution in [3.63, 3.8) is 0 Å². The van der Waals surface area contributed by atoms with Crippen molar-refractivity contribution >= 4 is 10.0 Å². The van der Waals surface area contributed by atoms with E-state index in [2.05, 4.69) is 4.74 Å². The van der Waals surface area contributed by atoms with Crippen LogP contribution in [-0.2, 0) is 10.0 Å². The molecule has 1 saturated heterocycles. The Bertz CT molecular complexity index is 581. The normalized spacial score (nSPS) is 17.0. The van der Waals surface area contributed by atoms with Crippen molar-refractivity contribution in [2.45, 2.75) is 17.7 Å². The first-order chi connectivity index (χ1) is 8.70. The van der Waals surface area contributed by atoms with Crippen LogP contribution in [0, 0.1) is 0 Å². The predicted molar refractivity (Wildman–Crippen MR) is 58.2 cm³/mol. The van der Waals surface area contributed by atoms with Crippen LogP contribution in [-0.4, -0.2) is 37.3 Å². The maximum atomic E-state index is 12.2. The number of halogens is 3. The molecule has 0 atom stereocenters. The lowest BCUT2D eigenvalue weighted by atomic mass is 10.3. The van der Waals surface area contributed by atoms with Gasteiger partial charge in [-0.15, -0.1) is 13.2 Å². The van der Waals surface area contributed by atoms with Crippen LogP contribution in [0.3, 0.4) is 0 Å². The molecule has 5 nitrogen and oxygen atoms in total. The summed E-state index contributed by atoms with van der Waals surface area (Å²) in [5.74, 6) is -1.44. The lowest BCUT2D eigenvalue weighted by Gasteiger charge is -2.30. The number of sulfonamides is 1. The molecule has 106 valence electrons. The summed E-state index contributed by atoms with van der Waals surface area (Å²) in [4.78, 5) is -0.609. The molecule has 2 rings (SSSR count). The van der Waals surface area contributed by atoms with Crippen molar-refractivity contribution in [2.24, 2.45) is 0 Å². The molecule has 19 heavy (non-hydrogen) atoms. The monoisotopic (exact) mass is 297 g/mol. The number of phenols is 1. The molecule has 0 aromatic heterocycles. The molecule has 9 heteroatoms. The molecule has 0 aliphatic carbocycles. The van der Waals surface area contributed by atoms with Gasteiger partial charge < -0.3 is 9.84 Å². The van der Waals surface area contributed by atoms with E-state index in [1.165, 1.54) is 0 Å². The maximum absolute atomic E-state index is 12.2. The van der Waals surface area contributed by atoms with Crippen LogP contribution in [0.4, 0.5) is 13.2 Å². The molecule has 0 bridgehead atoms. The largest absolute Gasteiger partial charge is 0.573 e. The third-order valence-corrected chi connectivity index (χ3v) is 4.52. The van der Waals surface area contributed by atoms with E-state index < -0.39 is 32.8 Å². The second kappa shape index (κ2) is 4.57. The van der Waals surface area contributed by atoms with Crippen LogP contribution in [0.2, 0.25) is 0 Å². The Morgan fingerprint density at radius 3 is 2.37 bits per heavy atom. The highest BCUT2D eigenvalue weighted by molar-refractivity contribution is 7.89. The Labute approximate surface area is 107 Å². The minimum Gasteiger partial charge on any atom is -0.508 e. The standard InChI is InChI=1S/C10H10F3NO4S/c11-10(12,13)18-8-6-7(15)2-3-9(8)19(16,17)14-4-1-5-14/h2-3,6,15H,1,4-5H2. The van der Waals surface area contributed by atoms with E-state index in [0.717, 1.165) is 16.4 Å². The molecule has 1 aromatic rings. The van der Waals surface area contributed by atoms with E-state index in [1.54, 1.807) is 0 Å². The first-order valence-electron chi connectivity index (χ1n) is 5.29. The van der Waals surface area contributed by atoms with E-state index in [4.69, 9.17) is 5.11 Å². The van der Waals surface area contributed by atoms with Gasteiger partial charge in [0, 0.05) is 19.2 Å². The van der Waals surface area contributed by atoms with Gasteiger partial charge in [0.15, 0.2) is 5.75 Å². The highest BCUT2D eigenvalue weighted by atomic mass is 32.2. The van der Waals surface area contributed by atoms with Crippen molar-refractivity contribution in [1.29, 1.82) is 0 Å². The zero-order chi connectivity index (χ0) is 14.3. The van der Waals surface area contributed by atoms with Crippen molar-refractivity contribution in [3.05, 3.63) is 18.2 Å². The van der Waals surface area contributed by atoms with Crippen molar-refractivity contribution < 1.29 is 31.4 Å². The average molecular weight is 297 g/mol. The minimum absolute atomic E-state index is 0.259.